The van der Waals surface area contributed by atoms with E-state index < -0.39 is 23.0 Å². The van der Waals surface area contributed by atoms with E-state index in [0.717, 1.165) is 0 Å². The second kappa shape index (κ2) is 3.87. The molecule has 0 amide bonds. The van der Waals surface area contributed by atoms with Crippen LogP contribution in [0.25, 0.3) is 0 Å². The van der Waals surface area contributed by atoms with Gasteiger partial charge in [0, 0.05) is 11.3 Å². The Balaban J connectivity index is 4.25. The fourth-order valence-corrected chi connectivity index (χ4v) is 0.652. The maximum absolute atomic E-state index is 10.1. The van der Waals surface area contributed by atoms with Crippen LogP contribution in [-0.4, -0.2) is 33.3 Å². The van der Waals surface area contributed by atoms with Crippen molar-refractivity contribution in [1.29, 1.82) is 0 Å². The third-order valence-corrected chi connectivity index (χ3v) is 1.31. The van der Waals surface area contributed by atoms with E-state index in [1.165, 1.54) is 6.92 Å². The quantitative estimate of drug-likeness (QED) is 0.429. The highest BCUT2D eigenvalue weighted by Crippen LogP contribution is 2.02. The number of aliphatic hydroxyl groups excluding tert-OH is 1. The normalized spacial score (nSPS) is 15.5. The van der Waals surface area contributed by atoms with Crippen LogP contribution in [0.2, 0.25) is 0 Å². The molecule has 0 aliphatic heterocycles. The van der Waals surface area contributed by atoms with E-state index >= 15 is 0 Å². The molecule has 0 aromatic carbocycles. The number of aliphatic hydroxyl groups is 1. The average Bonchev–Trinajstić information content (AvgIpc) is 1.88. The van der Waals surface area contributed by atoms with Gasteiger partial charge in [-0.05, 0) is 0 Å². The SMILES string of the molecule is CCC([C@@H](O)C(=O)O)[N+](=O)[O-]. The standard InChI is InChI=1S/C5H9NO5/c1-2-3(6(10)11)4(7)5(8)9/h3-4,7H,2H2,1H3,(H,8,9)/t3?,4-/m1/s1. The molecular weight excluding hydrogens is 154 g/mol. The molecule has 0 saturated carbocycles. The summed E-state index contributed by atoms with van der Waals surface area (Å²) >= 11 is 0. The van der Waals surface area contributed by atoms with Crippen molar-refractivity contribution in [1.82, 2.24) is 0 Å². The number of hydrogen-bond acceptors (Lipinski definition) is 4. The second-order valence-corrected chi connectivity index (χ2v) is 2.04. The van der Waals surface area contributed by atoms with Crippen LogP contribution in [0.5, 0.6) is 0 Å². The summed E-state index contributed by atoms with van der Waals surface area (Å²) in [6.07, 6.45) is -1.91. The van der Waals surface area contributed by atoms with Gasteiger partial charge in [-0.2, -0.15) is 0 Å². The number of rotatable bonds is 4. The molecule has 0 spiro atoms. The zero-order valence-electron chi connectivity index (χ0n) is 5.93. The Kier molecular flexibility index (Phi) is 3.46. The molecule has 64 valence electrons. The van der Waals surface area contributed by atoms with Crippen molar-refractivity contribution < 1.29 is 19.9 Å². The molecule has 0 saturated heterocycles. The van der Waals surface area contributed by atoms with Gasteiger partial charge < -0.3 is 10.2 Å². The Morgan fingerprint density at radius 3 is 2.27 bits per heavy atom. The molecule has 0 fully saturated rings. The lowest BCUT2D eigenvalue weighted by molar-refractivity contribution is -0.531. The molecule has 0 rings (SSSR count). The number of nitro groups is 1. The van der Waals surface area contributed by atoms with E-state index in [1.54, 1.807) is 0 Å². The average molecular weight is 163 g/mol. The van der Waals surface area contributed by atoms with Gasteiger partial charge in [0.15, 0.2) is 0 Å². The van der Waals surface area contributed by atoms with Crippen molar-refractivity contribution in [3.05, 3.63) is 10.1 Å². The number of hydrogen-bond donors (Lipinski definition) is 2. The number of carbonyl (C=O) groups is 1. The van der Waals surface area contributed by atoms with Crippen LogP contribution < -0.4 is 0 Å². The minimum Gasteiger partial charge on any atom is -0.479 e. The molecule has 0 heterocycles. The number of nitrogens with zero attached hydrogens (tertiary/aromatic N) is 1. The van der Waals surface area contributed by atoms with E-state index in [0.29, 0.717) is 0 Å². The van der Waals surface area contributed by atoms with Gasteiger partial charge in [0.1, 0.15) is 0 Å². The molecule has 0 radical (unpaired) electrons. The summed E-state index contributed by atoms with van der Waals surface area (Å²) in [7, 11) is 0. The van der Waals surface area contributed by atoms with Gasteiger partial charge in [-0.15, -0.1) is 0 Å². The van der Waals surface area contributed by atoms with Crippen LogP contribution in [0.4, 0.5) is 0 Å². The number of carboxylic acid groups (broad SMARTS) is 1. The van der Waals surface area contributed by atoms with Crippen LogP contribution in [0, 0.1) is 10.1 Å². The summed E-state index contributed by atoms with van der Waals surface area (Å²) in [6.45, 7) is 1.44. The summed E-state index contributed by atoms with van der Waals surface area (Å²) in [5.74, 6) is -1.56. The van der Waals surface area contributed by atoms with Gasteiger partial charge >= 0.3 is 5.97 Å². The largest absolute Gasteiger partial charge is 0.479 e. The molecule has 0 aromatic rings. The molecule has 0 aliphatic carbocycles. The van der Waals surface area contributed by atoms with Gasteiger partial charge in [-0.1, -0.05) is 6.92 Å². The first-order chi connectivity index (χ1) is 5.00. The molecule has 2 N–H and O–H groups in total. The van der Waals surface area contributed by atoms with Gasteiger partial charge in [-0.3, -0.25) is 10.1 Å². The minimum absolute atomic E-state index is 0.000463. The van der Waals surface area contributed by atoms with Crippen molar-refractivity contribution in [3.8, 4) is 0 Å². The van der Waals surface area contributed by atoms with Crippen molar-refractivity contribution in [2.45, 2.75) is 25.5 Å². The van der Waals surface area contributed by atoms with E-state index in [-0.39, 0.29) is 6.42 Å². The maximum Gasteiger partial charge on any atom is 0.339 e. The Labute approximate surface area is 62.6 Å². The van der Waals surface area contributed by atoms with Gasteiger partial charge in [-0.25, -0.2) is 4.79 Å². The van der Waals surface area contributed by atoms with Crippen LogP contribution in [-0.2, 0) is 4.79 Å². The van der Waals surface area contributed by atoms with E-state index in [4.69, 9.17) is 10.2 Å². The van der Waals surface area contributed by atoms with Crippen LogP contribution in [0.1, 0.15) is 13.3 Å². The molecule has 1 unspecified atom stereocenters. The fourth-order valence-electron chi connectivity index (χ4n) is 0.652. The lowest BCUT2D eigenvalue weighted by Gasteiger charge is -2.08. The maximum atomic E-state index is 10.1. The summed E-state index contributed by atoms with van der Waals surface area (Å²) in [6, 6.07) is -1.41. The Hall–Kier alpha value is -1.17. The fraction of sp³-hybridized carbons (Fsp3) is 0.800. The molecule has 0 aromatic heterocycles. The monoisotopic (exact) mass is 163 g/mol. The minimum atomic E-state index is -1.91. The van der Waals surface area contributed by atoms with Crippen molar-refractivity contribution >= 4 is 5.97 Å². The highest BCUT2D eigenvalue weighted by Gasteiger charge is 2.33. The predicted octanol–water partition coefficient (Wildman–Crippen LogP) is -0.513. The lowest BCUT2D eigenvalue weighted by atomic mass is 10.1. The molecule has 2 atom stereocenters. The van der Waals surface area contributed by atoms with Gasteiger partial charge in [0.05, 0.1) is 0 Å². The third-order valence-electron chi connectivity index (χ3n) is 1.31. The van der Waals surface area contributed by atoms with Crippen molar-refractivity contribution in [3.63, 3.8) is 0 Å². The van der Waals surface area contributed by atoms with Crippen LogP contribution in [0.15, 0.2) is 0 Å². The van der Waals surface area contributed by atoms with Gasteiger partial charge in [0.25, 0.3) is 0 Å². The first-order valence-electron chi connectivity index (χ1n) is 3.05. The highest BCUT2D eigenvalue weighted by molar-refractivity contribution is 5.72. The molecule has 0 bridgehead atoms. The van der Waals surface area contributed by atoms with Crippen LogP contribution >= 0.6 is 0 Å². The summed E-state index contributed by atoms with van der Waals surface area (Å²) in [5.41, 5.74) is 0. The smallest absolute Gasteiger partial charge is 0.339 e. The molecular formula is C5H9NO5. The zero-order valence-corrected chi connectivity index (χ0v) is 5.93. The van der Waals surface area contributed by atoms with Crippen molar-refractivity contribution in [2.24, 2.45) is 0 Å². The molecule has 0 aliphatic rings. The topological polar surface area (TPSA) is 101 Å². The Bertz CT molecular complexity index is 168. The van der Waals surface area contributed by atoms with Crippen molar-refractivity contribution in [2.75, 3.05) is 0 Å². The first kappa shape index (κ1) is 9.83. The molecule has 11 heavy (non-hydrogen) atoms. The summed E-state index contributed by atoms with van der Waals surface area (Å²) < 4.78 is 0. The van der Waals surface area contributed by atoms with E-state index in [2.05, 4.69) is 0 Å². The highest BCUT2D eigenvalue weighted by atomic mass is 16.6. The van der Waals surface area contributed by atoms with E-state index in [9.17, 15) is 14.9 Å². The molecule has 6 nitrogen and oxygen atoms in total. The second-order valence-electron chi connectivity index (χ2n) is 2.04. The first-order valence-corrected chi connectivity index (χ1v) is 3.05. The Morgan fingerprint density at radius 2 is 2.18 bits per heavy atom. The molecule has 6 heteroatoms. The predicted molar refractivity (Wildman–Crippen MR) is 34.7 cm³/mol. The number of aliphatic carboxylic acids is 1. The van der Waals surface area contributed by atoms with Crippen LogP contribution in [0.3, 0.4) is 0 Å². The lowest BCUT2D eigenvalue weighted by Crippen LogP contribution is -2.38. The zero-order chi connectivity index (χ0) is 9.02. The third kappa shape index (κ3) is 2.50. The van der Waals surface area contributed by atoms with Gasteiger partial charge in [0.2, 0.25) is 12.1 Å². The number of carboxylic acids is 1. The summed E-state index contributed by atoms with van der Waals surface area (Å²) in [4.78, 5) is 19.3. The Morgan fingerprint density at radius 1 is 1.73 bits per heavy atom. The summed E-state index contributed by atoms with van der Waals surface area (Å²) in [5, 5.41) is 27.0. The van der Waals surface area contributed by atoms with E-state index in [1.807, 2.05) is 0 Å².